The van der Waals surface area contributed by atoms with Gasteiger partial charge in [0.05, 0.1) is 22.3 Å². The van der Waals surface area contributed by atoms with Crippen LogP contribution in [0.1, 0.15) is 21.5 Å². The Hall–Kier alpha value is -3.06. The molecule has 0 aliphatic rings. The molecule has 4 rings (SSSR count). The number of hydrogen-bond donors (Lipinski definition) is 0. The van der Waals surface area contributed by atoms with Crippen LogP contribution in [0.2, 0.25) is 10.0 Å². The molecule has 0 radical (unpaired) electrons. The Morgan fingerprint density at radius 2 is 1.63 bits per heavy atom. The molecular weight excluding hydrogens is 379 g/mol. The standard InChI is InChI=1S/C22H12Cl2N2O/c23-15-10-8-14(9-11-15)22(27)20-17(13-25)19-7-3-4-12-26(19)21(20)16-5-1-2-6-18(16)24/h1-12H. The van der Waals surface area contributed by atoms with E-state index in [1.54, 1.807) is 30.3 Å². The third-order valence-corrected chi connectivity index (χ3v) is 5.00. The maximum absolute atomic E-state index is 13.4. The highest BCUT2D eigenvalue weighted by atomic mass is 35.5. The number of carbonyl (C=O) groups is 1. The molecule has 0 aliphatic heterocycles. The van der Waals surface area contributed by atoms with E-state index in [1.165, 1.54) is 0 Å². The van der Waals surface area contributed by atoms with Gasteiger partial charge in [-0.3, -0.25) is 4.79 Å². The number of nitriles is 1. The Labute approximate surface area is 166 Å². The van der Waals surface area contributed by atoms with Gasteiger partial charge in [-0.2, -0.15) is 5.26 Å². The monoisotopic (exact) mass is 390 g/mol. The molecule has 0 saturated heterocycles. The number of benzene rings is 2. The van der Waals surface area contributed by atoms with Crippen molar-refractivity contribution in [3.05, 3.63) is 99.7 Å². The number of pyridine rings is 1. The lowest BCUT2D eigenvalue weighted by Gasteiger charge is -2.09. The van der Waals surface area contributed by atoms with E-state index in [-0.39, 0.29) is 5.78 Å². The van der Waals surface area contributed by atoms with Crippen LogP contribution in [0.4, 0.5) is 0 Å². The van der Waals surface area contributed by atoms with Gasteiger partial charge in [-0.05, 0) is 42.5 Å². The normalized spacial score (nSPS) is 10.7. The fourth-order valence-electron chi connectivity index (χ4n) is 3.21. The van der Waals surface area contributed by atoms with Crippen LogP contribution in [0.15, 0.2) is 72.9 Å². The van der Waals surface area contributed by atoms with E-state index in [1.807, 2.05) is 47.0 Å². The largest absolute Gasteiger partial charge is 0.314 e. The van der Waals surface area contributed by atoms with Crippen molar-refractivity contribution in [2.75, 3.05) is 0 Å². The second-order valence-corrected chi connectivity index (χ2v) is 6.83. The summed E-state index contributed by atoms with van der Waals surface area (Å²) < 4.78 is 1.84. The fraction of sp³-hybridized carbons (Fsp3) is 0. The summed E-state index contributed by atoms with van der Waals surface area (Å²) in [6, 6.07) is 21.6. The average Bonchev–Trinajstić information content (AvgIpc) is 3.02. The Balaban J connectivity index is 2.09. The van der Waals surface area contributed by atoms with Crippen LogP contribution in [0.5, 0.6) is 0 Å². The Bertz CT molecular complexity index is 1220. The number of carbonyl (C=O) groups excluding carboxylic acids is 1. The molecule has 0 aliphatic carbocycles. The Morgan fingerprint density at radius 3 is 2.33 bits per heavy atom. The van der Waals surface area contributed by atoms with Gasteiger partial charge in [-0.1, -0.05) is 47.5 Å². The molecule has 0 atom stereocenters. The van der Waals surface area contributed by atoms with Gasteiger partial charge in [-0.25, -0.2) is 0 Å². The summed E-state index contributed by atoms with van der Waals surface area (Å²) >= 11 is 12.4. The average molecular weight is 391 g/mol. The third-order valence-electron chi connectivity index (χ3n) is 4.42. The van der Waals surface area contributed by atoms with Crippen LogP contribution in [0.3, 0.4) is 0 Å². The molecule has 27 heavy (non-hydrogen) atoms. The first-order valence-electron chi connectivity index (χ1n) is 8.20. The minimum Gasteiger partial charge on any atom is -0.314 e. The molecule has 2 aromatic carbocycles. The molecule has 130 valence electrons. The van der Waals surface area contributed by atoms with Crippen LogP contribution < -0.4 is 0 Å². The van der Waals surface area contributed by atoms with Gasteiger partial charge in [0.2, 0.25) is 0 Å². The van der Waals surface area contributed by atoms with Gasteiger partial charge >= 0.3 is 0 Å². The number of halogens is 2. The number of aromatic nitrogens is 1. The van der Waals surface area contributed by atoms with E-state index in [4.69, 9.17) is 23.2 Å². The summed E-state index contributed by atoms with van der Waals surface area (Å²) in [5.41, 5.74) is 3.07. The van der Waals surface area contributed by atoms with Gasteiger partial charge < -0.3 is 4.40 Å². The predicted octanol–water partition coefficient (Wildman–Crippen LogP) is 6.02. The van der Waals surface area contributed by atoms with Crippen molar-refractivity contribution < 1.29 is 4.79 Å². The van der Waals surface area contributed by atoms with E-state index in [0.29, 0.717) is 43.5 Å². The lowest BCUT2D eigenvalue weighted by atomic mass is 9.96. The van der Waals surface area contributed by atoms with Crippen LogP contribution in [-0.2, 0) is 0 Å². The topological polar surface area (TPSA) is 45.3 Å². The minimum atomic E-state index is -0.248. The molecule has 0 spiro atoms. The minimum absolute atomic E-state index is 0.248. The van der Waals surface area contributed by atoms with Gasteiger partial charge in [0.1, 0.15) is 6.07 Å². The van der Waals surface area contributed by atoms with Crippen molar-refractivity contribution >= 4 is 34.5 Å². The first-order chi connectivity index (χ1) is 13.1. The zero-order valence-electron chi connectivity index (χ0n) is 14.0. The summed E-state index contributed by atoms with van der Waals surface area (Å²) in [5.74, 6) is -0.248. The van der Waals surface area contributed by atoms with Crippen LogP contribution >= 0.6 is 23.2 Å². The number of rotatable bonds is 3. The first-order valence-corrected chi connectivity index (χ1v) is 8.95. The second-order valence-electron chi connectivity index (χ2n) is 5.98. The van der Waals surface area contributed by atoms with Crippen molar-refractivity contribution in [2.45, 2.75) is 0 Å². The van der Waals surface area contributed by atoms with E-state index in [9.17, 15) is 10.1 Å². The van der Waals surface area contributed by atoms with Gasteiger partial charge in [-0.15, -0.1) is 0 Å². The van der Waals surface area contributed by atoms with Crippen molar-refractivity contribution in [1.29, 1.82) is 5.26 Å². The highest BCUT2D eigenvalue weighted by Crippen LogP contribution is 2.36. The lowest BCUT2D eigenvalue weighted by Crippen LogP contribution is -2.04. The van der Waals surface area contributed by atoms with E-state index in [2.05, 4.69) is 6.07 Å². The fourth-order valence-corrected chi connectivity index (χ4v) is 3.56. The molecule has 0 fully saturated rings. The third kappa shape index (κ3) is 2.90. The molecule has 0 unspecified atom stereocenters. The molecule has 0 saturated carbocycles. The summed E-state index contributed by atoms with van der Waals surface area (Å²) in [4.78, 5) is 13.4. The summed E-state index contributed by atoms with van der Waals surface area (Å²) in [6.07, 6.45) is 1.83. The van der Waals surface area contributed by atoms with Gasteiger partial charge in [0.15, 0.2) is 5.78 Å². The zero-order chi connectivity index (χ0) is 19.0. The first kappa shape index (κ1) is 17.4. The SMILES string of the molecule is N#Cc1c(C(=O)c2ccc(Cl)cc2)c(-c2ccccc2Cl)n2ccccc12. The Morgan fingerprint density at radius 1 is 0.926 bits per heavy atom. The summed E-state index contributed by atoms with van der Waals surface area (Å²) in [6.45, 7) is 0. The molecule has 0 N–H and O–H groups in total. The number of hydrogen-bond acceptors (Lipinski definition) is 2. The van der Waals surface area contributed by atoms with Crippen LogP contribution in [0.25, 0.3) is 16.8 Å². The van der Waals surface area contributed by atoms with Crippen molar-refractivity contribution in [3.8, 4) is 17.3 Å². The molecule has 3 nitrogen and oxygen atoms in total. The molecule has 2 aromatic heterocycles. The molecular formula is C22H12Cl2N2O. The molecule has 4 aromatic rings. The maximum Gasteiger partial charge on any atom is 0.196 e. The predicted molar refractivity (Wildman–Crippen MR) is 107 cm³/mol. The highest BCUT2D eigenvalue weighted by molar-refractivity contribution is 6.34. The quantitative estimate of drug-likeness (QED) is 0.401. The van der Waals surface area contributed by atoms with Crippen molar-refractivity contribution in [1.82, 2.24) is 4.40 Å². The summed E-state index contributed by atoms with van der Waals surface area (Å²) in [5, 5.41) is 10.9. The number of ketones is 1. The maximum atomic E-state index is 13.4. The van der Waals surface area contributed by atoms with Crippen LogP contribution in [-0.4, -0.2) is 10.2 Å². The zero-order valence-corrected chi connectivity index (χ0v) is 15.5. The van der Waals surface area contributed by atoms with E-state index < -0.39 is 0 Å². The molecule has 0 amide bonds. The number of nitrogens with zero attached hydrogens (tertiary/aromatic N) is 2. The summed E-state index contributed by atoms with van der Waals surface area (Å²) in [7, 11) is 0. The van der Waals surface area contributed by atoms with Crippen LogP contribution in [0, 0.1) is 11.3 Å². The highest BCUT2D eigenvalue weighted by Gasteiger charge is 2.26. The van der Waals surface area contributed by atoms with Gasteiger partial charge in [0.25, 0.3) is 0 Å². The van der Waals surface area contributed by atoms with E-state index >= 15 is 0 Å². The molecule has 5 heteroatoms. The Kier molecular flexibility index (Phi) is 4.45. The molecule has 2 heterocycles. The number of fused-ring (bicyclic) bond motifs is 1. The molecule has 0 bridgehead atoms. The van der Waals surface area contributed by atoms with E-state index in [0.717, 1.165) is 0 Å². The van der Waals surface area contributed by atoms with Gasteiger partial charge in [0, 0.05) is 27.4 Å². The smallest absolute Gasteiger partial charge is 0.196 e. The van der Waals surface area contributed by atoms with Crippen molar-refractivity contribution in [3.63, 3.8) is 0 Å². The lowest BCUT2D eigenvalue weighted by molar-refractivity contribution is 0.103. The second kappa shape index (κ2) is 6.92. The van der Waals surface area contributed by atoms with Crippen molar-refractivity contribution in [2.24, 2.45) is 0 Å².